The lowest BCUT2D eigenvalue weighted by Gasteiger charge is -2.10. The molecule has 0 bridgehead atoms. The molecule has 2 nitrogen and oxygen atoms in total. The molecule has 0 radical (unpaired) electrons. The number of benzene rings is 1. The lowest BCUT2D eigenvalue weighted by molar-refractivity contribution is 0.742. The summed E-state index contributed by atoms with van der Waals surface area (Å²) in [4.78, 5) is 0. The molecule has 0 saturated heterocycles. The summed E-state index contributed by atoms with van der Waals surface area (Å²) >= 11 is 0. The first kappa shape index (κ1) is 12.0. The summed E-state index contributed by atoms with van der Waals surface area (Å²) in [6.07, 6.45) is 0.380. The van der Waals surface area contributed by atoms with Crippen molar-refractivity contribution < 1.29 is 0 Å². The van der Waals surface area contributed by atoms with Gasteiger partial charge in [0.15, 0.2) is 0 Å². The van der Waals surface area contributed by atoms with Gasteiger partial charge in [-0.1, -0.05) is 24.3 Å². The van der Waals surface area contributed by atoms with Crippen LogP contribution in [0.4, 0.5) is 0 Å². The number of nitrogens with zero attached hydrogens (tertiary/aromatic N) is 1. The topological polar surface area (TPSA) is 49.8 Å². The second kappa shape index (κ2) is 5.58. The van der Waals surface area contributed by atoms with Gasteiger partial charge >= 0.3 is 0 Å². The van der Waals surface area contributed by atoms with Gasteiger partial charge in [0.05, 0.1) is 12.5 Å². The average molecular weight is 197 g/mol. The highest BCUT2D eigenvalue weighted by Crippen LogP contribution is 2.16. The molecule has 2 N–H and O–H groups in total. The third-order valence-corrected chi connectivity index (χ3v) is 1.90. The van der Waals surface area contributed by atoms with Crippen LogP contribution in [0.5, 0.6) is 0 Å². The van der Waals surface area contributed by atoms with E-state index in [0.717, 1.165) is 11.1 Å². The largest absolute Gasteiger partial charge is 0.323 e. The van der Waals surface area contributed by atoms with Crippen LogP contribution in [0.15, 0.2) is 24.3 Å². The lowest BCUT2D eigenvalue weighted by atomic mass is 10.0. The van der Waals surface area contributed by atoms with Gasteiger partial charge in [-0.15, -0.1) is 12.4 Å². The first-order valence-corrected chi connectivity index (χ1v) is 3.93. The van der Waals surface area contributed by atoms with E-state index in [4.69, 9.17) is 11.0 Å². The van der Waals surface area contributed by atoms with E-state index >= 15 is 0 Å². The predicted molar refractivity (Wildman–Crippen MR) is 55.6 cm³/mol. The fourth-order valence-corrected chi connectivity index (χ4v) is 1.21. The molecule has 70 valence electrons. The second-order valence-electron chi connectivity index (χ2n) is 2.83. The number of aryl methyl sites for hydroxylation is 1. The second-order valence-corrected chi connectivity index (χ2v) is 2.83. The lowest BCUT2D eigenvalue weighted by Crippen LogP contribution is -2.10. The zero-order chi connectivity index (χ0) is 8.97. The van der Waals surface area contributed by atoms with Crippen LogP contribution < -0.4 is 5.73 Å². The first-order valence-electron chi connectivity index (χ1n) is 3.93. The van der Waals surface area contributed by atoms with Crippen molar-refractivity contribution in [3.05, 3.63) is 35.4 Å². The van der Waals surface area contributed by atoms with Crippen LogP contribution in [-0.4, -0.2) is 0 Å². The highest BCUT2D eigenvalue weighted by molar-refractivity contribution is 5.85. The molecular formula is C10H13ClN2. The van der Waals surface area contributed by atoms with E-state index in [0.29, 0.717) is 6.42 Å². The number of hydrogen-bond acceptors (Lipinski definition) is 2. The Kier molecular flexibility index (Phi) is 5.13. The van der Waals surface area contributed by atoms with Crippen LogP contribution in [-0.2, 0) is 0 Å². The maximum Gasteiger partial charge on any atom is 0.0641 e. The van der Waals surface area contributed by atoms with Crippen LogP contribution in [0.2, 0.25) is 0 Å². The van der Waals surface area contributed by atoms with Gasteiger partial charge in [0.25, 0.3) is 0 Å². The van der Waals surface area contributed by atoms with E-state index in [1.165, 1.54) is 0 Å². The Bertz CT molecular complexity index is 304. The summed E-state index contributed by atoms with van der Waals surface area (Å²) in [6, 6.07) is 9.82. The number of halogens is 1. The van der Waals surface area contributed by atoms with E-state index < -0.39 is 0 Å². The highest BCUT2D eigenvalue weighted by atomic mass is 35.5. The number of hydrogen-bond donors (Lipinski definition) is 1. The molecule has 1 aromatic carbocycles. The predicted octanol–water partition coefficient (Wildman–Crippen LogP) is 2.33. The number of nitrogens with two attached hydrogens (primary N) is 1. The molecule has 0 aliphatic heterocycles. The van der Waals surface area contributed by atoms with Gasteiger partial charge in [-0.2, -0.15) is 5.26 Å². The normalized spacial score (nSPS) is 11.2. The quantitative estimate of drug-likeness (QED) is 0.790. The van der Waals surface area contributed by atoms with Gasteiger partial charge in [-0.25, -0.2) is 0 Å². The van der Waals surface area contributed by atoms with Gasteiger partial charge in [-0.3, -0.25) is 0 Å². The van der Waals surface area contributed by atoms with Crippen LogP contribution in [0.25, 0.3) is 0 Å². The molecule has 3 heteroatoms. The molecule has 1 aromatic rings. The van der Waals surface area contributed by atoms with E-state index in [1.54, 1.807) is 0 Å². The number of rotatable bonds is 2. The third kappa shape index (κ3) is 3.06. The minimum atomic E-state index is -0.142. The minimum absolute atomic E-state index is 0. The van der Waals surface area contributed by atoms with E-state index in [1.807, 2.05) is 31.2 Å². The van der Waals surface area contributed by atoms with Crippen molar-refractivity contribution in [1.29, 1.82) is 5.26 Å². The summed E-state index contributed by atoms with van der Waals surface area (Å²) in [7, 11) is 0. The average Bonchev–Trinajstić information content (AvgIpc) is 2.05. The van der Waals surface area contributed by atoms with E-state index in [2.05, 4.69) is 6.07 Å². The standard InChI is InChI=1S/C10H12N2.ClH/c1-8-4-2-3-5-9(8)10(12)6-7-11;/h2-5,10H,6,12H2,1H3;1H/t10-;/m0./s1. The Hall–Kier alpha value is -1.04. The maximum absolute atomic E-state index is 8.46. The SMILES string of the molecule is Cc1ccccc1[C@@H](N)CC#N.Cl. The molecule has 0 aliphatic carbocycles. The van der Waals surface area contributed by atoms with Crippen LogP contribution >= 0.6 is 12.4 Å². The van der Waals surface area contributed by atoms with Crippen LogP contribution in [0.3, 0.4) is 0 Å². The third-order valence-electron chi connectivity index (χ3n) is 1.90. The molecule has 0 saturated carbocycles. The van der Waals surface area contributed by atoms with Crippen molar-refractivity contribution >= 4 is 12.4 Å². The van der Waals surface area contributed by atoms with Gasteiger partial charge in [0, 0.05) is 6.04 Å². The Balaban J connectivity index is 0.00000144. The summed E-state index contributed by atoms with van der Waals surface area (Å²) < 4.78 is 0. The fraction of sp³-hybridized carbons (Fsp3) is 0.300. The van der Waals surface area contributed by atoms with Gasteiger partial charge < -0.3 is 5.73 Å². The fourth-order valence-electron chi connectivity index (χ4n) is 1.21. The van der Waals surface area contributed by atoms with Crippen molar-refractivity contribution in [3.63, 3.8) is 0 Å². The van der Waals surface area contributed by atoms with Crippen molar-refractivity contribution in [3.8, 4) is 6.07 Å². The zero-order valence-electron chi connectivity index (χ0n) is 7.53. The molecule has 0 spiro atoms. The Labute approximate surface area is 84.8 Å². The van der Waals surface area contributed by atoms with E-state index in [9.17, 15) is 0 Å². The molecule has 0 unspecified atom stereocenters. The van der Waals surface area contributed by atoms with Gasteiger partial charge in [0.2, 0.25) is 0 Å². The van der Waals surface area contributed by atoms with E-state index in [-0.39, 0.29) is 18.4 Å². The van der Waals surface area contributed by atoms with Crippen LogP contribution in [0, 0.1) is 18.3 Å². The molecule has 13 heavy (non-hydrogen) atoms. The monoisotopic (exact) mass is 196 g/mol. The zero-order valence-corrected chi connectivity index (χ0v) is 8.34. The first-order chi connectivity index (χ1) is 5.75. The summed E-state index contributed by atoms with van der Waals surface area (Å²) in [5, 5.41) is 8.46. The van der Waals surface area contributed by atoms with Crippen molar-refractivity contribution in [2.75, 3.05) is 0 Å². The molecule has 0 amide bonds. The summed E-state index contributed by atoms with van der Waals surface area (Å²) in [5.74, 6) is 0. The maximum atomic E-state index is 8.46. The van der Waals surface area contributed by atoms with Gasteiger partial charge in [-0.05, 0) is 18.1 Å². The van der Waals surface area contributed by atoms with Crippen molar-refractivity contribution in [2.24, 2.45) is 5.73 Å². The number of nitriles is 1. The Morgan fingerprint density at radius 1 is 1.46 bits per heavy atom. The molecule has 0 fully saturated rings. The Morgan fingerprint density at radius 2 is 2.08 bits per heavy atom. The molecule has 0 aliphatic rings. The molecular weight excluding hydrogens is 184 g/mol. The molecule has 0 aromatic heterocycles. The minimum Gasteiger partial charge on any atom is -0.323 e. The highest BCUT2D eigenvalue weighted by Gasteiger charge is 2.06. The summed E-state index contributed by atoms with van der Waals surface area (Å²) in [6.45, 7) is 2.01. The smallest absolute Gasteiger partial charge is 0.0641 e. The van der Waals surface area contributed by atoms with Gasteiger partial charge in [0.1, 0.15) is 0 Å². The van der Waals surface area contributed by atoms with Crippen molar-refractivity contribution in [2.45, 2.75) is 19.4 Å². The molecule has 1 atom stereocenters. The molecule has 1 rings (SSSR count). The van der Waals surface area contributed by atoms with Crippen molar-refractivity contribution in [1.82, 2.24) is 0 Å². The Morgan fingerprint density at radius 3 is 2.62 bits per heavy atom. The van der Waals surface area contributed by atoms with Crippen LogP contribution in [0.1, 0.15) is 23.6 Å². The molecule has 0 heterocycles. The summed E-state index contributed by atoms with van der Waals surface area (Å²) in [5.41, 5.74) is 8.01.